The summed E-state index contributed by atoms with van der Waals surface area (Å²) in [7, 11) is 0. The van der Waals surface area contributed by atoms with Crippen LogP contribution < -0.4 is 10.2 Å². The zero-order chi connectivity index (χ0) is 24.5. The highest BCUT2D eigenvalue weighted by Crippen LogP contribution is 2.33. The average molecular weight is 470 g/mol. The first-order chi connectivity index (χ1) is 16.9. The molecule has 1 fully saturated rings. The van der Waals surface area contributed by atoms with Crippen molar-refractivity contribution in [2.75, 3.05) is 23.3 Å². The number of carbonyl (C=O) groups excluding carboxylic acids is 1. The van der Waals surface area contributed by atoms with Gasteiger partial charge in [0.1, 0.15) is 11.6 Å². The first-order valence-electron chi connectivity index (χ1n) is 11.4. The topological polar surface area (TPSA) is 82.5 Å². The van der Waals surface area contributed by atoms with Crippen molar-refractivity contribution in [3.63, 3.8) is 0 Å². The van der Waals surface area contributed by atoms with E-state index in [1.165, 1.54) is 35.4 Å². The fourth-order valence-electron chi connectivity index (χ4n) is 4.70. The van der Waals surface area contributed by atoms with E-state index in [0.717, 1.165) is 19.5 Å². The highest BCUT2D eigenvalue weighted by molar-refractivity contribution is 6.08. The molecule has 1 aliphatic heterocycles. The molecule has 0 radical (unpaired) electrons. The van der Waals surface area contributed by atoms with E-state index in [4.69, 9.17) is 4.98 Å². The molecule has 176 valence electrons. The molecule has 2 N–H and O–H groups in total. The molecule has 0 aliphatic carbocycles. The molecule has 2 heterocycles. The first-order valence-corrected chi connectivity index (χ1v) is 11.4. The molecule has 4 aromatic rings. The molecule has 7 heteroatoms. The lowest BCUT2D eigenvalue weighted by Crippen LogP contribution is -2.21. The van der Waals surface area contributed by atoms with E-state index in [-0.39, 0.29) is 5.56 Å². The van der Waals surface area contributed by atoms with E-state index in [2.05, 4.69) is 29.3 Å². The van der Waals surface area contributed by atoms with Crippen LogP contribution >= 0.6 is 0 Å². The van der Waals surface area contributed by atoms with Crippen molar-refractivity contribution in [2.24, 2.45) is 0 Å². The average Bonchev–Trinajstić information content (AvgIpc) is 3.34. The van der Waals surface area contributed by atoms with Gasteiger partial charge in [-0.1, -0.05) is 24.3 Å². The molecule has 1 amide bonds. The molecular formula is C28H24FN3O3. The summed E-state index contributed by atoms with van der Waals surface area (Å²) < 4.78 is 13.1. The third-order valence-electron chi connectivity index (χ3n) is 6.53. The predicted octanol–water partition coefficient (Wildman–Crippen LogP) is 5.63. The van der Waals surface area contributed by atoms with E-state index in [1.807, 2.05) is 12.1 Å². The Morgan fingerprint density at radius 1 is 1.06 bits per heavy atom. The quantitative estimate of drug-likeness (QED) is 0.396. The van der Waals surface area contributed by atoms with Gasteiger partial charge in [0.15, 0.2) is 0 Å². The summed E-state index contributed by atoms with van der Waals surface area (Å²) in [6.07, 6.45) is 0.974. The van der Waals surface area contributed by atoms with E-state index >= 15 is 0 Å². The van der Waals surface area contributed by atoms with E-state index in [0.29, 0.717) is 33.9 Å². The van der Waals surface area contributed by atoms with Crippen LogP contribution in [0.1, 0.15) is 44.2 Å². The van der Waals surface area contributed by atoms with Crippen LogP contribution in [0.3, 0.4) is 0 Å². The Morgan fingerprint density at radius 3 is 2.57 bits per heavy atom. The number of pyridine rings is 1. The van der Waals surface area contributed by atoms with Crippen LogP contribution in [0.4, 0.5) is 15.9 Å². The Kier molecular flexibility index (Phi) is 5.91. The zero-order valence-electron chi connectivity index (χ0n) is 19.2. The number of aromatic carboxylic acids is 1. The van der Waals surface area contributed by atoms with Crippen LogP contribution in [0.25, 0.3) is 10.9 Å². The lowest BCUT2D eigenvalue weighted by molar-refractivity contribution is 0.0698. The smallest absolute Gasteiger partial charge is 0.336 e. The number of benzene rings is 3. The van der Waals surface area contributed by atoms with E-state index < -0.39 is 17.7 Å². The Balaban J connectivity index is 1.43. The van der Waals surface area contributed by atoms with E-state index in [1.54, 1.807) is 24.3 Å². The molecule has 0 saturated carbocycles. The molecule has 0 unspecified atom stereocenters. The number of carbonyl (C=O) groups is 2. The maximum atomic E-state index is 13.1. The van der Waals surface area contributed by atoms with Crippen molar-refractivity contribution in [1.29, 1.82) is 0 Å². The third kappa shape index (κ3) is 4.57. The van der Waals surface area contributed by atoms with Crippen LogP contribution in [0.2, 0.25) is 0 Å². The molecular weight excluding hydrogens is 445 g/mol. The zero-order valence-corrected chi connectivity index (χ0v) is 19.2. The van der Waals surface area contributed by atoms with Crippen LogP contribution in [0.15, 0.2) is 72.8 Å². The van der Waals surface area contributed by atoms with Gasteiger partial charge in [-0.25, -0.2) is 14.2 Å². The Labute approximate surface area is 202 Å². The number of fused-ring (bicyclic) bond motifs is 1. The minimum atomic E-state index is -1.06. The van der Waals surface area contributed by atoms with Crippen LogP contribution in [0, 0.1) is 12.7 Å². The normalized spacial score (nSPS) is 15.4. The number of aromatic nitrogens is 1. The molecule has 1 saturated heterocycles. The summed E-state index contributed by atoms with van der Waals surface area (Å²) >= 11 is 0. The van der Waals surface area contributed by atoms with Crippen molar-refractivity contribution >= 4 is 34.3 Å². The van der Waals surface area contributed by atoms with Crippen molar-refractivity contribution < 1.29 is 19.1 Å². The van der Waals surface area contributed by atoms with Gasteiger partial charge in [-0.3, -0.25) is 4.79 Å². The fourth-order valence-corrected chi connectivity index (χ4v) is 4.70. The molecule has 1 aliphatic rings. The summed E-state index contributed by atoms with van der Waals surface area (Å²) in [5.74, 6) is -0.899. The minimum Gasteiger partial charge on any atom is -0.478 e. The monoisotopic (exact) mass is 469 g/mol. The number of anilines is 2. The number of halogens is 1. The summed E-state index contributed by atoms with van der Waals surface area (Å²) in [4.78, 5) is 31.5. The van der Waals surface area contributed by atoms with Gasteiger partial charge in [-0.15, -0.1) is 0 Å². The number of carboxylic acid groups (broad SMARTS) is 1. The van der Waals surface area contributed by atoms with Crippen molar-refractivity contribution in [3.05, 3.63) is 101 Å². The number of carboxylic acids is 1. The lowest BCUT2D eigenvalue weighted by atomic mass is 9.94. The summed E-state index contributed by atoms with van der Waals surface area (Å²) in [5, 5.41) is 13.1. The molecule has 0 spiro atoms. The molecule has 5 rings (SSSR count). The van der Waals surface area contributed by atoms with Gasteiger partial charge in [0.2, 0.25) is 0 Å². The summed E-state index contributed by atoms with van der Waals surface area (Å²) in [5.41, 5.74) is 3.98. The van der Waals surface area contributed by atoms with Gasteiger partial charge in [0.05, 0.1) is 11.1 Å². The van der Waals surface area contributed by atoms with Gasteiger partial charge in [-0.05, 0) is 73.0 Å². The highest BCUT2D eigenvalue weighted by atomic mass is 19.1. The molecule has 6 nitrogen and oxygen atoms in total. The molecule has 1 aromatic heterocycles. The Hall–Kier alpha value is -4.26. The molecule has 35 heavy (non-hydrogen) atoms. The van der Waals surface area contributed by atoms with Crippen molar-refractivity contribution in [3.8, 4) is 0 Å². The Morgan fingerprint density at radius 2 is 1.83 bits per heavy atom. The Bertz CT molecular complexity index is 1440. The van der Waals surface area contributed by atoms with E-state index in [9.17, 15) is 19.1 Å². The van der Waals surface area contributed by atoms with Crippen LogP contribution in [-0.2, 0) is 0 Å². The van der Waals surface area contributed by atoms with Crippen molar-refractivity contribution in [2.45, 2.75) is 19.3 Å². The SMILES string of the molecule is Cc1ccccc1[C@H]1CCN(c2cc(C(=O)O)c3cc(NC(=O)c4ccc(F)cc4)ccc3n2)C1. The highest BCUT2D eigenvalue weighted by Gasteiger charge is 2.27. The maximum Gasteiger partial charge on any atom is 0.336 e. The summed E-state index contributed by atoms with van der Waals surface area (Å²) in [6, 6.07) is 20.2. The standard InChI is InChI=1S/C28H24FN3O3/c1-17-4-2-3-5-22(17)19-12-13-32(16-19)26-15-24(28(34)35)23-14-21(10-11-25(23)31-26)30-27(33)18-6-8-20(29)9-7-18/h2-11,14-15,19H,12-13,16H2,1H3,(H,30,33)(H,34,35)/t19-/m0/s1. The van der Waals surface area contributed by atoms with Gasteiger partial charge in [0, 0.05) is 35.6 Å². The number of rotatable bonds is 5. The molecule has 1 atom stereocenters. The molecule has 3 aromatic carbocycles. The molecule has 0 bridgehead atoms. The third-order valence-corrected chi connectivity index (χ3v) is 6.53. The minimum absolute atomic E-state index is 0.127. The first kappa shape index (κ1) is 22.5. The number of hydrogen-bond acceptors (Lipinski definition) is 4. The number of nitrogens with one attached hydrogen (secondary N) is 1. The lowest BCUT2D eigenvalue weighted by Gasteiger charge is -2.20. The number of amides is 1. The second-order valence-electron chi connectivity index (χ2n) is 8.81. The second-order valence-corrected chi connectivity index (χ2v) is 8.81. The second kappa shape index (κ2) is 9.18. The summed E-state index contributed by atoms with van der Waals surface area (Å²) in [6.45, 7) is 3.68. The largest absolute Gasteiger partial charge is 0.478 e. The fraction of sp³-hybridized carbons (Fsp3) is 0.179. The number of hydrogen-bond donors (Lipinski definition) is 2. The van der Waals surface area contributed by atoms with Crippen LogP contribution in [-0.4, -0.2) is 35.1 Å². The number of aryl methyl sites for hydroxylation is 1. The van der Waals surface area contributed by atoms with Gasteiger partial charge in [-0.2, -0.15) is 0 Å². The number of nitrogens with zero attached hydrogens (tertiary/aromatic N) is 2. The van der Waals surface area contributed by atoms with Gasteiger partial charge in [0.25, 0.3) is 5.91 Å². The van der Waals surface area contributed by atoms with Crippen LogP contribution in [0.5, 0.6) is 0 Å². The van der Waals surface area contributed by atoms with Gasteiger partial charge >= 0.3 is 5.97 Å². The maximum absolute atomic E-state index is 13.1. The predicted molar refractivity (Wildman–Crippen MR) is 134 cm³/mol. The van der Waals surface area contributed by atoms with Crippen molar-refractivity contribution in [1.82, 2.24) is 4.98 Å². The van der Waals surface area contributed by atoms with Gasteiger partial charge < -0.3 is 15.3 Å².